The molecule has 0 aromatic carbocycles. The number of rotatable bonds is 3. The van der Waals surface area contributed by atoms with Crippen LogP contribution < -0.4 is 4.90 Å². The van der Waals surface area contributed by atoms with Gasteiger partial charge in [-0.1, -0.05) is 5.16 Å². The number of fused-ring (bicyclic) bond motifs is 1. The average molecular weight is 325 g/mol. The molecule has 1 atom stereocenters. The second kappa shape index (κ2) is 5.83. The van der Waals surface area contributed by atoms with Crippen LogP contribution in [0.1, 0.15) is 24.6 Å². The van der Waals surface area contributed by atoms with Crippen molar-refractivity contribution in [3.63, 3.8) is 0 Å². The fraction of sp³-hybridized carbons (Fsp3) is 0.412. The topological polar surface area (TPSA) is 88.2 Å². The van der Waals surface area contributed by atoms with E-state index >= 15 is 0 Å². The lowest BCUT2D eigenvalue weighted by Crippen LogP contribution is -2.49. The maximum absolute atomic E-state index is 11.0. The summed E-state index contributed by atoms with van der Waals surface area (Å²) in [7, 11) is 0. The van der Waals surface area contributed by atoms with E-state index in [0.717, 1.165) is 29.6 Å². The van der Waals surface area contributed by atoms with Gasteiger partial charge < -0.3 is 14.5 Å². The molecule has 1 unspecified atom stereocenters. The number of hydrogen-bond acceptors (Lipinski definition) is 7. The zero-order chi connectivity index (χ0) is 16.6. The fourth-order valence-electron chi connectivity index (χ4n) is 3.41. The standard InChI is InChI=1S/C17H19N5O2/c1-12-20-16(24-21-12)9-17(23)5-2-8-22(11-17)15-4-7-19-14-3-6-18-10-13(14)15/h3-4,6-7,10,23H,2,5,8-9,11H2,1H3. The van der Waals surface area contributed by atoms with Crippen LogP contribution in [0, 0.1) is 6.92 Å². The summed E-state index contributed by atoms with van der Waals surface area (Å²) < 4.78 is 5.18. The SMILES string of the molecule is Cc1noc(CC2(O)CCCN(c3ccnc4ccncc34)C2)n1. The number of aliphatic hydroxyl groups is 1. The molecule has 24 heavy (non-hydrogen) atoms. The molecule has 7 nitrogen and oxygen atoms in total. The number of β-amino-alcohol motifs (C(OH)–C–C–N with tert-alkyl or cyclic N) is 1. The second-order valence-electron chi connectivity index (χ2n) is 6.38. The molecule has 4 heterocycles. The highest BCUT2D eigenvalue weighted by Crippen LogP contribution is 2.31. The number of anilines is 1. The van der Waals surface area contributed by atoms with Crippen molar-refractivity contribution in [2.24, 2.45) is 0 Å². The monoisotopic (exact) mass is 325 g/mol. The second-order valence-corrected chi connectivity index (χ2v) is 6.38. The van der Waals surface area contributed by atoms with Crippen LogP contribution in [0.15, 0.2) is 35.2 Å². The van der Waals surface area contributed by atoms with Crippen molar-refractivity contribution >= 4 is 16.6 Å². The lowest BCUT2D eigenvalue weighted by molar-refractivity contribution is 0.0194. The molecule has 0 aliphatic carbocycles. The van der Waals surface area contributed by atoms with Crippen molar-refractivity contribution in [2.75, 3.05) is 18.0 Å². The normalized spacial score (nSPS) is 21.3. The van der Waals surface area contributed by atoms with Crippen LogP contribution in [-0.4, -0.2) is 43.9 Å². The number of nitrogens with zero attached hydrogens (tertiary/aromatic N) is 5. The van der Waals surface area contributed by atoms with Crippen LogP contribution in [-0.2, 0) is 6.42 Å². The van der Waals surface area contributed by atoms with Crippen LogP contribution >= 0.6 is 0 Å². The van der Waals surface area contributed by atoms with Gasteiger partial charge in [0.15, 0.2) is 5.82 Å². The van der Waals surface area contributed by atoms with E-state index < -0.39 is 5.60 Å². The van der Waals surface area contributed by atoms with Crippen molar-refractivity contribution in [1.29, 1.82) is 0 Å². The molecule has 1 fully saturated rings. The highest BCUT2D eigenvalue weighted by molar-refractivity contribution is 5.90. The van der Waals surface area contributed by atoms with Crippen LogP contribution in [0.5, 0.6) is 0 Å². The smallest absolute Gasteiger partial charge is 0.229 e. The van der Waals surface area contributed by atoms with E-state index in [0.29, 0.717) is 31.1 Å². The summed E-state index contributed by atoms with van der Waals surface area (Å²) in [6.45, 7) is 3.18. The minimum atomic E-state index is -0.880. The van der Waals surface area contributed by atoms with E-state index in [4.69, 9.17) is 4.52 Å². The lowest BCUT2D eigenvalue weighted by Gasteiger charge is -2.40. The Balaban J connectivity index is 1.62. The van der Waals surface area contributed by atoms with E-state index in [1.807, 2.05) is 18.3 Å². The van der Waals surface area contributed by atoms with Gasteiger partial charge >= 0.3 is 0 Å². The van der Waals surface area contributed by atoms with Gasteiger partial charge in [0.1, 0.15) is 0 Å². The highest BCUT2D eigenvalue weighted by Gasteiger charge is 2.35. The number of pyridine rings is 2. The Kier molecular flexibility index (Phi) is 3.65. The Morgan fingerprint density at radius 2 is 2.25 bits per heavy atom. The van der Waals surface area contributed by atoms with Gasteiger partial charge in [0.05, 0.1) is 17.5 Å². The predicted octanol–water partition coefficient (Wildman–Crippen LogP) is 1.90. The predicted molar refractivity (Wildman–Crippen MR) is 88.7 cm³/mol. The summed E-state index contributed by atoms with van der Waals surface area (Å²) in [5.41, 5.74) is 1.08. The first kappa shape index (κ1) is 15.0. The Bertz CT molecular complexity index is 860. The molecule has 0 spiro atoms. The maximum atomic E-state index is 11.0. The number of aryl methyl sites for hydroxylation is 1. The first-order valence-corrected chi connectivity index (χ1v) is 8.08. The van der Waals surface area contributed by atoms with Crippen LogP contribution in [0.4, 0.5) is 5.69 Å². The van der Waals surface area contributed by atoms with Crippen LogP contribution in [0.2, 0.25) is 0 Å². The molecule has 3 aromatic heterocycles. The summed E-state index contributed by atoms with van der Waals surface area (Å²) in [6, 6.07) is 3.88. The van der Waals surface area contributed by atoms with Gasteiger partial charge in [-0.05, 0) is 31.9 Å². The van der Waals surface area contributed by atoms with Crippen molar-refractivity contribution in [1.82, 2.24) is 20.1 Å². The van der Waals surface area contributed by atoms with Crippen molar-refractivity contribution in [3.05, 3.63) is 42.4 Å². The summed E-state index contributed by atoms with van der Waals surface area (Å²) >= 11 is 0. The molecule has 0 bridgehead atoms. The van der Waals surface area contributed by atoms with Gasteiger partial charge in [-0.15, -0.1) is 0 Å². The molecule has 1 aliphatic rings. The van der Waals surface area contributed by atoms with Gasteiger partial charge in [-0.2, -0.15) is 4.98 Å². The van der Waals surface area contributed by atoms with Crippen LogP contribution in [0.25, 0.3) is 10.9 Å². The van der Waals surface area contributed by atoms with Gasteiger partial charge in [0.25, 0.3) is 0 Å². The third kappa shape index (κ3) is 2.82. The third-order valence-electron chi connectivity index (χ3n) is 4.47. The summed E-state index contributed by atoms with van der Waals surface area (Å²) in [4.78, 5) is 15.0. The number of aromatic nitrogens is 4. The van der Waals surface area contributed by atoms with Crippen LogP contribution in [0.3, 0.4) is 0 Å². The van der Waals surface area contributed by atoms with E-state index in [1.54, 1.807) is 19.3 Å². The van der Waals surface area contributed by atoms with E-state index in [1.165, 1.54) is 0 Å². The number of piperidine rings is 1. The first-order valence-electron chi connectivity index (χ1n) is 8.08. The average Bonchev–Trinajstić information content (AvgIpc) is 2.98. The van der Waals surface area contributed by atoms with E-state index in [9.17, 15) is 5.11 Å². The zero-order valence-corrected chi connectivity index (χ0v) is 13.5. The molecule has 4 rings (SSSR count). The molecular formula is C17H19N5O2. The maximum Gasteiger partial charge on any atom is 0.229 e. The molecular weight excluding hydrogens is 306 g/mol. The summed E-state index contributed by atoms with van der Waals surface area (Å²) in [5.74, 6) is 1.07. The molecule has 0 radical (unpaired) electrons. The molecule has 1 N–H and O–H groups in total. The van der Waals surface area contributed by atoms with Gasteiger partial charge in [0.2, 0.25) is 5.89 Å². The molecule has 124 valence electrons. The van der Waals surface area contributed by atoms with Gasteiger partial charge in [-0.3, -0.25) is 9.97 Å². The Morgan fingerprint density at radius 1 is 1.33 bits per heavy atom. The zero-order valence-electron chi connectivity index (χ0n) is 13.5. The minimum Gasteiger partial charge on any atom is -0.388 e. The Morgan fingerprint density at radius 3 is 3.08 bits per heavy atom. The number of hydrogen-bond donors (Lipinski definition) is 1. The minimum absolute atomic E-state index is 0.367. The molecule has 0 saturated carbocycles. The molecule has 7 heteroatoms. The van der Waals surface area contributed by atoms with E-state index in [-0.39, 0.29) is 0 Å². The van der Waals surface area contributed by atoms with Crippen molar-refractivity contribution < 1.29 is 9.63 Å². The highest BCUT2D eigenvalue weighted by atomic mass is 16.5. The van der Waals surface area contributed by atoms with Gasteiger partial charge in [0, 0.05) is 42.8 Å². The van der Waals surface area contributed by atoms with E-state index in [2.05, 4.69) is 25.0 Å². The summed E-state index contributed by atoms with van der Waals surface area (Å²) in [5, 5.41) is 15.8. The third-order valence-corrected chi connectivity index (χ3v) is 4.47. The lowest BCUT2D eigenvalue weighted by atomic mass is 9.89. The molecule has 0 amide bonds. The molecule has 3 aromatic rings. The van der Waals surface area contributed by atoms with Crippen molar-refractivity contribution in [2.45, 2.75) is 31.8 Å². The fourth-order valence-corrected chi connectivity index (χ4v) is 3.41. The Hall–Kier alpha value is -2.54. The first-order chi connectivity index (χ1) is 11.6. The molecule has 1 aliphatic heterocycles. The van der Waals surface area contributed by atoms with Crippen molar-refractivity contribution in [3.8, 4) is 0 Å². The quantitative estimate of drug-likeness (QED) is 0.786. The summed E-state index contributed by atoms with van der Waals surface area (Å²) in [6.07, 6.45) is 7.34. The largest absolute Gasteiger partial charge is 0.388 e. The van der Waals surface area contributed by atoms with Gasteiger partial charge in [-0.25, -0.2) is 0 Å². The molecule has 1 saturated heterocycles. The Labute approximate surface area is 139 Å².